The number of rotatable bonds is 5. The maximum atomic E-state index is 5.91. The summed E-state index contributed by atoms with van der Waals surface area (Å²) in [6.07, 6.45) is 3.88. The Morgan fingerprint density at radius 1 is 1.36 bits per heavy atom. The molecule has 6 heteroatoms. The van der Waals surface area contributed by atoms with Gasteiger partial charge in [0.1, 0.15) is 0 Å². The molecule has 0 fully saturated rings. The van der Waals surface area contributed by atoms with Gasteiger partial charge >= 0.3 is 0 Å². The van der Waals surface area contributed by atoms with E-state index in [1.54, 1.807) is 7.05 Å². The van der Waals surface area contributed by atoms with Crippen molar-refractivity contribution in [3.05, 3.63) is 52.8 Å². The molecular formula is C16H22ClN5. The van der Waals surface area contributed by atoms with Gasteiger partial charge < -0.3 is 10.6 Å². The van der Waals surface area contributed by atoms with Crippen molar-refractivity contribution < 1.29 is 0 Å². The van der Waals surface area contributed by atoms with Crippen LogP contribution in [-0.2, 0) is 6.54 Å². The number of aliphatic imine (C=N–C) groups is 1. The summed E-state index contributed by atoms with van der Waals surface area (Å²) in [5, 5.41) is 11.7. The fourth-order valence-electron chi connectivity index (χ4n) is 2.11. The lowest BCUT2D eigenvalue weighted by atomic mass is 10.1. The lowest BCUT2D eigenvalue weighted by Crippen LogP contribution is -2.40. The van der Waals surface area contributed by atoms with Crippen molar-refractivity contribution in [3.8, 4) is 0 Å². The SMILES string of the molecule is CN=C(NCCn1cc(C)cn1)NC(C)c1ccc(Cl)cc1. The zero-order chi connectivity index (χ0) is 15.9. The van der Waals surface area contributed by atoms with Crippen LogP contribution in [0.3, 0.4) is 0 Å². The van der Waals surface area contributed by atoms with Crippen molar-refractivity contribution in [3.63, 3.8) is 0 Å². The molecule has 0 amide bonds. The van der Waals surface area contributed by atoms with Crippen LogP contribution < -0.4 is 10.6 Å². The van der Waals surface area contributed by atoms with E-state index in [-0.39, 0.29) is 6.04 Å². The third-order valence-corrected chi connectivity index (χ3v) is 3.59. The highest BCUT2D eigenvalue weighted by molar-refractivity contribution is 6.30. The third kappa shape index (κ3) is 4.77. The molecule has 1 atom stereocenters. The minimum atomic E-state index is 0.149. The van der Waals surface area contributed by atoms with Crippen LogP contribution in [0.2, 0.25) is 5.02 Å². The molecule has 5 nitrogen and oxygen atoms in total. The lowest BCUT2D eigenvalue weighted by Gasteiger charge is -2.18. The van der Waals surface area contributed by atoms with Crippen LogP contribution in [0.25, 0.3) is 0 Å². The summed E-state index contributed by atoms with van der Waals surface area (Å²) in [4.78, 5) is 4.25. The predicted octanol–water partition coefficient (Wildman–Crippen LogP) is 2.77. The highest BCUT2D eigenvalue weighted by Gasteiger charge is 2.07. The number of aromatic nitrogens is 2. The molecule has 0 aliphatic heterocycles. The fraction of sp³-hybridized carbons (Fsp3) is 0.375. The standard InChI is InChI=1S/C16H22ClN5/c1-12-10-20-22(11-12)9-8-19-16(18-3)21-13(2)14-4-6-15(17)7-5-14/h4-7,10-11,13H,8-9H2,1-3H3,(H2,18,19,21). The zero-order valence-electron chi connectivity index (χ0n) is 13.2. The first kappa shape index (κ1) is 16.4. The van der Waals surface area contributed by atoms with Crippen molar-refractivity contribution >= 4 is 17.6 Å². The molecule has 0 saturated carbocycles. The highest BCUT2D eigenvalue weighted by Crippen LogP contribution is 2.15. The molecule has 0 aliphatic carbocycles. The topological polar surface area (TPSA) is 54.2 Å². The van der Waals surface area contributed by atoms with Crippen molar-refractivity contribution in [2.45, 2.75) is 26.4 Å². The van der Waals surface area contributed by atoms with Crippen molar-refractivity contribution in [2.24, 2.45) is 4.99 Å². The predicted molar refractivity (Wildman–Crippen MR) is 91.3 cm³/mol. The molecule has 22 heavy (non-hydrogen) atoms. The van der Waals surface area contributed by atoms with E-state index < -0.39 is 0 Å². The van der Waals surface area contributed by atoms with E-state index in [9.17, 15) is 0 Å². The van der Waals surface area contributed by atoms with E-state index in [0.717, 1.165) is 29.6 Å². The largest absolute Gasteiger partial charge is 0.355 e. The van der Waals surface area contributed by atoms with E-state index >= 15 is 0 Å². The molecule has 0 saturated heterocycles. The van der Waals surface area contributed by atoms with E-state index in [4.69, 9.17) is 11.6 Å². The van der Waals surface area contributed by atoms with Gasteiger partial charge in [-0.1, -0.05) is 23.7 Å². The van der Waals surface area contributed by atoms with Crippen molar-refractivity contribution in [2.75, 3.05) is 13.6 Å². The van der Waals surface area contributed by atoms with Crippen LogP contribution >= 0.6 is 11.6 Å². The molecule has 1 heterocycles. The van der Waals surface area contributed by atoms with Crippen LogP contribution in [0.4, 0.5) is 0 Å². The lowest BCUT2D eigenvalue weighted by molar-refractivity contribution is 0.591. The Morgan fingerprint density at radius 2 is 2.09 bits per heavy atom. The Morgan fingerprint density at radius 3 is 2.68 bits per heavy atom. The van der Waals surface area contributed by atoms with E-state index in [1.165, 1.54) is 5.56 Å². The molecule has 2 N–H and O–H groups in total. The first-order chi connectivity index (χ1) is 10.6. The molecule has 1 unspecified atom stereocenters. The molecule has 0 bridgehead atoms. The number of benzene rings is 1. The van der Waals surface area contributed by atoms with Gasteiger partial charge in [-0.3, -0.25) is 9.67 Å². The van der Waals surface area contributed by atoms with Gasteiger partial charge in [-0.25, -0.2) is 0 Å². The first-order valence-corrected chi connectivity index (χ1v) is 7.68. The van der Waals surface area contributed by atoms with E-state index in [1.807, 2.05) is 48.3 Å². The Labute approximate surface area is 136 Å². The minimum Gasteiger partial charge on any atom is -0.355 e. The van der Waals surface area contributed by atoms with Gasteiger partial charge in [0.2, 0.25) is 0 Å². The number of hydrogen-bond acceptors (Lipinski definition) is 2. The number of guanidine groups is 1. The van der Waals surface area contributed by atoms with Crippen LogP contribution in [0.5, 0.6) is 0 Å². The quantitative estimate of drug-likeness (QED) is 0.658. The molecule has 0 spiro atoms. The third-order valence-electron chi connectivity index (χ3n) is 3.34. The summed E-state index contributed by atoms with van der Waals surface area (Å²) in [6.45, 7) is 5.68. The molecule has 118 valence electrons. The van der Waals surface area contributed by atoms with Gasteiger partial charge in [-0.2, -0.15) is 5.10 Å². The van der Waals surface area contributed by atoms with Gasteiger partial charge in [0, 0.05) is 24.8 Å². The Kier molecular flexibility index (Phi) is 5.83. The summed E-state index contributed by atoms with van der Waals surface area (Å²) in [7, 11) is 1.77. The van der Waals surface area contributed by atoms with Crippen molar-refractivity contribution in [1.29, 1.82) is 0 Å². The smallest absolute Gasteiger partial charge is 0.191 e. The summed E-state index contributed by atoms with van der Waals surface area (Å²) in [5.41, 5.74) is 2.33. The second-order valence-corrected chi connectivity index (χ2v) is 5.63. The van der Waals surface area contributed by atoms with Gasteiger partial charge in [-0.15, -0.1) is 0 Å². The van der Waals surface area contributed by atoms with Gasteiger partial charge in [0.15, 0.2) is 5.96 Å². The Hall–Kier alpha value is -2.01. The number of hydrogen-bond donors (Lipinski definition) is 2. The summed E-state index contributed by atoms with van der Waals surface area (Å²) in [5.74, 6) is 0.770. The molecular weight excluding hydrogens is 298 g/mol. The van der Waals surface area contributed by atoms with Gasteiger partial charge in [-0.05, 0) is 37.1 Å². The number of nitrogens with zero attached hydrogens (tertiary/aromatic N) is 3. The molecule has 2 rings (SSSR count). The number of aryl methyl sites for hydroxylation is 1. The Balaban J connectivity index is 1.82. The monoisotopic (exact) mass is 319 g/mol. The second-order valence-electron chi connectivity index (χ2n) is 5.20. The summed E-state index contributed by atoms with van der Waals surface area (Å²) in [6, 6.07) is 7.96. The van der Waals surface area contributed by atoms with Crippen LogP contribution in [0, 0.1) is 6.92 Å². The second kappa shape index (κ2) is 7.84. The van der Waals surface area contributed by atoms with Gasteiger partial charge in [0.05, 0.1) is 18.8 Å². The first-order valence-electron chi connectivity index (χ1n) is 7.30. The maximum Gasteiger partial charge on any atom is 0.191 e. The summed E-state index contributed by atoms with van der Waals surface area (Å²) < 4.78 is 1.91. The normalized spacial score (nSPS) is 13.0. The maximum absolute atomic E-state index is 5.91. The van der Waals surface area contributed by atoms with Crippen LogP contribution in [0.1, 0.15) is 24.1 Å². The Bertz CT molecular complexity index is 618. The minimum absolute atomic E-state index is 0.149. The number of halogens is 1. The van der Waals surface area contributed by atoms with Gasteiger partial charge in [0.25, 0.3) is 0 Å². The van der Waals surface area contributed by atoms with E-state index in [0.29, 0.717) is 0 Å². The zero-order valence-corrected chi connectivity index (χ0v) is 13.9. The fourth-order valence-corrected chi connectivity index (χ4v) is 2.24. The van der Waals surface area contributed by atoms with Crippen LogP contribution in [0.15, 0.2) is 41.7 Å². The number of nitrogens with one attached hydrogen (secondary N) is 2. The molecule has 1 aromatic carbocycles. The molecule has 2 aromatic rings. The van der Waals surface area contributed by atoms with Crippen LogP contribution in [-0.4, -0.2) is 29.3 Å². The van der Waals surface area contributed by atoms with E-state index in [2.05, 4.69) is 27.6 Å². The highest BCUT2D eigenvalue weighted by atomic mass is 35.5. The average Bonchev–Trinajstić information content (AvgIpc) is 2.92. The molecule has 0 radical (unpaired) electrons. The molecule has 0 aliphatic rings. The van der Waals surface area contributed by atoms with Crippen molar-refractivity contribution in [1.82, 2.24) is 20.4 Å². The summed E-state index contributed by atoms with van der Waals surface area (Å²) >= 11 is 5.91. The average molecular weight is 320 g/mol. The molecule has 1 aromatic heterocycles.